The Labute approximate surface area is 79.4 Å². The van der Waals surface area contributed by atoms with Gasteiger partial charge in [-0.05, 0) is 31.6 Å². The minimum Gasteiger partial charge on any atom is -0.326 e. The van der Waals surface area contributed by atoms with Crippen LogP contribution < -0.4 is 5.73 Å². The van der Waals surface area contributed by atoms with Gasteiger partial charge in [-0.2, -0.15) is 0 Å². The highest BCUT2D eigenvalue weighted by Crippen LogP contribution is 2.32. The molecule has 0 saturated carbocycles. The molecule has 0 amide bonds. The molecular weight excluding hydrogens is 160 g/mol. The van der Waals surface area contributed by atoms with E-state index in [0.29, 0.717) is 6.04 Å². The molecule has 0 heterocycles. The second-order valence-corrected chi connectivity index (χ2v) is 3.98. The Hall–Kier alpha value is -0.860. The smallest absolute Gasteiger partial charge is 0.0499 e. The minimum absolute atomic E-state index is 0.257. The monoisotopic (exact) mass is 176 g/mol. The molecule has 2 N–H and O–H groups in total. The Bertz CT molecular complexity index is 307. The minimum atomic E-state index is 0.257. The molecule has 1 aliphatic rings. The first-order chi connectivity index (χ1) is 6.20. The van der Waals surface area contributed by atoms with Crippen LogP contribution in [-0.2, 0) is 6.42 Å². The van der Waals surface area contributed by atoms with E-state index < -0.39 is 0 Å². The molecule has 2 heteroatoms. The molecule has 1 aromatic rings. The van der Waals surface area contributed by atoms with Crippen molar-refractivity contribution in [3.05, 3.63) is 35.4 Å². The Morgan fingerprint density at radius 2 is 2.00 bits per heavy atom. The molecule has 0 unspecified atom stereocenters. The third-order valence-electron chi connectivity index (χ3n) is 2.79. The van der Waals surface area contributed by atoms with Gasteiger partial charge in [0.15, 0.2) is 0 Å². The summed E-state index contributed by atoms with van der Waals surface area (Å²) in [6.07, 6.45) is 1.01. The maximum atomic E-state index is 6.09. The molecule has 0 spiro atoms. The van der Waals surface area contributed by atoms with Crippen molar-refractivity contribution in [1.29, 1.82) is 0 Å². The van der Waals surface area contributed by atoms with Gasteiger partial charge < -0.3 is 10.6 Å². The third kappa shape index (κ3) is 1.36. The molecule has 0 aliphatic heterocycles. The highest BCUT2D eigenvalue weighted by molar-refractivity contribution is 5.36. The van der Waals surface area contributed by atoms with Crippen LogP contribution in [0, 0.1) is 0 Å². The fourth-order valence-corrected chi connectivity index (χ4v) is 2.27. The summed E-state index contributed by atoms with van der Waals surface area (Å²) in [6.45, 7) is 0. The van der Waals surface area contributed by atoms with Gasteiger partial charge in [0.05, 0.1) is 0 Å². The number of hydrogen-bond acceptors (Lipinski definition) is 2. The van der Waals surface area contributed by atoms with Crippen LogP contribution in [0.2, 0.25) is 0 Å². The van der Waals surface area contributed by atoms with Crippen LogP contribution in [0.15, 0.2) is 24.3 Å². The second kappa shape index (κ2) is 3.13. The zero-order valence-corrected chi connectivity index (χ0v) is 8.20. The van der Waals surface area contributed by atoms with Crippen molar-refractivity contribution in [2.24, 2.45) is 5.73 Å². The molecular formula is C11H16N2. The third-order valence-corrected chi connectivity index (χ3v) is 2.79. The number of benzene rings is 1. The number of likely N-dealkylation sites (N-methyl/N-ethyl adjacent to an activating group) is 1. The van der Waals surface area contributed by atoms with E-state index in [9.17, 15) is 0 Å². The maximum Gasteiger partial charge on any atom is 0.0499 e. The van der Waals surface area contributed by atoms with Crippen LogP contribution in [0.1, 0.15) is 17.2 Å². The Kier molecular flexibility index (Phi) is 2.10. The average molecular weight is 176 g/mol. The van der Waals surface area contributed by atoms with E-state index in [4.69, 9.17) is 5.73 Å². The van der Waals surface area contributed by atoms with Crippen LogP contribution in [-0.4, -0.2) is 25.0 Å². The average Bonchev–Trinajstić information content (AvgIpc) is 2.39. The van der Waals surface area contributed by atoms with E-state index in [0.717, 1.165) is 6.42 Å². The number of nitrogens with two attached hydrogens (primary N) is 1. The van der Waals surface area contributed by atoms with Crippen LogP contribution in [0.3, 0.4) is 0 Å². The predicted molar refractivity (Wildman–Crippen MR) is 54.5 cm³/mol. The number of fused-ring (bicyclic) bond motifs is 1. The molecule has 0 aromatic heterocycles. The zero-order chi connectivity index (χ0) is 9.42. The molecule has 0 bridgehead atoms. The summed E-state index contributed by atoms with van der Waals surface area (Å²) in [6, 6.07) is 9.20. The molecule has 0 radical (unpaired) electrons. The fourth-order valence-electron chi connectivity index (χ4n) is 2.27. The van der Waals surface area contributed by atoms with Crippen LogP contribution in [0.5, 0.6) is 0 Å². The standard InChI is InChI=1S/C11H16N2/c1-13(2)11-9-6-4-3-5-8(9)7-10(11)12/h3-6,10-11H,7,12H2,1-2H3/t10-,11-/m1/s1. The van der Waals surface area contributed by atoms with Gasteiger partial charge in [0.25, 0.3) is 0 Å². The second-order valence-electron chi connectivity index (χ2n) is 3.98. The molecule has 0 saturated heterocycles. The van der Waals surface area contributed by atoms with Crippen molar-refractivity contribution in [3.8, 4) is 0 Å². The quantitative estimate of drug-likeness (QED) is 0.696. The Morgan fingerprint density at radius 1 is 1.31 bits per heavy atom. The van der Waals surface area contributed by atoms with E-state index >= 15 is 0 Å². The van der Waals surface area contributed by atoms with Crippen LogP contribution in [0.4, 0.5) is 0 Å². The SMILES string of the molecule is CN(C)[C@@H]1c2ccccc2C[C@H]1N. The van der Waals surface area contributed by atoms with Gasteiger partial charge >= 0.3 is 0 Å². The molecule has 13 heavy (non-hydrogen) atoms. The summed E-state index contributed by atoms with van der Waals surface area (Å²) < 4.78 is 0. The van der Waals surface area contributed by atoms with Gasteiger partial charge in [-0.3, -0.25) is 0 Å². The lowest BCUT2D eigenvalue weighted by Gasteiger charge is -2.24. The van der Waals surface area contributed by atoms with Crippen molar-refractivity contribution >= 4 is 0 Å². The fraction of sp³-hybridized carbons (Fsp3) is 0.455. The lowest BCUT2D eigenvalue weighted by molar-refractivity contribution is 0.273. The molecule has 2 nitrogen and oxygen atoms in total. The van der Waals surface area contributed by atoms with Gasteiger partial charge in [0, 0.05) is 12.1 Å². The summed E-state index contributed by atoms with van der Waals surface area (Å²) in [5.41, 5.74) is 8.90. The first-order valence-corrected chi connectivity index (χ1v) is 4.70. The van der Waals surface area contributed by atoms with Gasteiger partial charge in [-0.15, -0.1) is 0 Å². The van der Waals surface area contributed by atoms with Gasteiger partial charge in [-0.1, -0.05) is 24.3 Å². The number of rotatable bonds is 1. The normalized spacial score (nSPS) is 26.5. The summed E-state index contributed by atoms with van der Waals surface area (Å²) >= 11 is 0. The topological polar surface area (TPSA) is 29.3 Å². The van der Waals surface area contributed by atoms with E-state index in [1.54, 1.807) is 0 Å². The highest BCUT2D eigenvalue weighted by Gasteiger charge is 2.30. The van der Waals surface area contributed by atoms with E-state index in [1.807, 2.05) is 0 Å². The molecule has 1 aromatic carbocycles. The molecule has 70 valence electrons. The van der Waals surface area contributed by atoms with Crippen molar-refractivity contribution in [2.45, 2.75) is 18.5 Å². The molecule has 2 rings (SSSR count). The van der Waals surface area contributed by atoms with Gasteiger partial charge in [0.2, 0.25) is 0 Å². The summed E-state index contributed by atoms with van der Waals surface area (Å²) in [5, 5.41) is 0. The van der Waals surface area contributed by atoms with Gasteiger partial charge in [0.1, 0.15) is 0 Å². The zero-order valence-electron chi connectivity index (χ0n) is 8.20. The van der Waals surface area contributed by atoms with Crippen molar-refractivity contribution in [2.75, 3.05) is 14.1 Å². The lowest BCUT2D eigenvalue weighted by atomic mass is 10.1. The predicted octanol–water partition coefficient (Wildman–Crippen LogP) is 1.17. The number of nitrogens with zero attached hydrogens (tertiary/aromatic N) is 1. The van der Waals surface area contributed by atoms with Crippen LogP contribution in [0.25, 0.3) is 0 Å². The maximum absolute atomic E-state index is 6.09. The van der Waals surface area contributed by atoms with E-state index in [1.165, 1.54) is 11.1 Å². The van der Waals surface area contributed by atoms with Crippen molar-refractivity contribution in [3.63, 3.8) is 0 Å². The molecule has 2 atom stereocenters. The Morgan fingerprint density at radius 3 is 2.69 bits per heavy atom. The van der Waals surface area contributed by atoms with Crippen LogP contribution >= 0.6 is 0 Å². The van der Waals surface area contributed by atoms with Crippen molar-refractivity contribution in [1.82, 2.24) is 4.90 Å². The largest absolute Gasteiger partial charge is 0.326 e. The lowest BCUT2D eigenvalue weighted by Crippen LogP contribution is -2.34. The van der Waals surface area contributed by atoms with Crippen molar-refractivity contribution < 1.29 is 0 Å². The summed E-state index contributed by atoms with van der Waals surface area (Å²) in [5.74, 6) is 0. The molecule has 1 aliphatic carbocycles. The summed E-state index contributed by atoms with van der Waals surface area (Å²) in [7, 11) is 4.18. The highest BCUT2D eigenvalue weighted by atomic mass is 15.1. The first-order valence-electron chi connectivity index (χ1n) is 4.70. The summed E-state index contributed by atoms with van der Waals surface area (Å²) in [4.78, 5) is 2.20. The van der Waals surface area contributed by atoms with E-state index in [2.05, 4.69) is 43.3 Å². The van der Waals surface area contributed by atoms with E-state index in [-0.39, 0.29) is 6.04 Å². The number of hydrogen-bond donors (Lipinski definition) is 1. The van der Waals surface area contributed by atoms with Gasteiger partial charge in [-0.25, -0.2) is 0 Å². The Balaban J connectivity index is 2.40. The molecule has 0 fully saturated rings. The first kappa shape index (κ1) is 8.73.